The molecule has 3 aromatic carbocycles. The summed E-state index contributed by atoms with van der Waals surface area (Å²) in [5.74, 6) is -2.32. The molecule has 1 aliphatic carbocycles. The monoisotopic (exact) mass is 1520 g/mol. The molecule has 1 aliphatic rings. The summed E-state index contributed by atoms with van der Waals surface area (Å²) in [6, 6.07) is 15.4. The van der Waals surface area contributed by atoms with Crippen LogP contribution in [-0.2, 0) is 69.1 Å². The Labute approximate surface area is 603 Å². The van der Waals surface area contributed by atoms with Gasteiger partial charge in [-0.15, -0.1) is 0 Å². The van der Waals surface area contributed by atoms with Crippen molar-refractivity contribution in [1.82, 2.24) is 0 Å². The summed E-state index contributed by atoms with van der Waals surface area (Å²) in [5, 5.41) is 23.2. The number of carbonyl (C=O) groups is 4. The molecule has 3 aromatic rings. The van der Waals surface area contributed by atoms with E-state index in [1.54, 1.807) is 19.9 Å². The van der Waals surface area contributed by atoms with E-state index in [9.17, 15) is 50.8 Å². The van der Waals surface area contributed by atoms with Crippen LogP contribution in [0.5, 0.6) is 0 Å². The number of aliphatic hydroxyl groups is 2. The molecule has 0 spiro atoms. The van der Waals surface area contributed by atoms with Crippen LogP contribution in [-0.4, -0.2) is 173 Å². The summed E-state index contributed by atoms with van der Waals surface area (Å²) in [6.07, 6.45) is 2.49. The van der Waals surface area contributed by atoms with Crippen molar-refractivity contribution < 1.29 is 120 Å². The molecular weight excluding hydrogens is 1420 g/mol. The number of nitrogen functional groups attached to an aromatic ring is 1. The van der Waals surface area contributed by atoms with Gasteiger partial charge < -0.3 is 65.3 Å². The molecule has 33 heteroatoms. The van der Waals surface area contributed by atoms with Crippen LogP contribution in [0, 0.1) is 0 Å². The van der Waals surface area contributed by atoms with Gasteiger partial charge in [-0.25, -0.2) is 26.4 Å². The number of benzene rings is 3. The van der Waals surface area contributed by atoms with Gasteiger partial charge in [0.05, 0.1) is 53.1 Å². The van der Waals surface area contributed by atoms with Crippen LogP contribution in [0.15, 0.2) is 101 Å². The Kier molecular flexibility index (Phi) is 36.3. The second-order valence-corrected chi connectivity index (χ2v) is 71.6. The van der Waals surface area contributed by atoms with Gasteiger partial charge >= 0.3 is 67.2 Å². The van der Waals surface area contributed by atoms with Crippen molar-refractivity contribution in [3.05, 3.63) is 113 Å². The number of hydrogen-bond donors (Lipinski definition) is 4. The van der Waals surface area contributed by atoms with E-state index in [0.717, 1.165) is 42.4 Å². The van der Waals surface area contributed by atoms with Gasteiger partial charge in [-0.05, 0) is 161 Å². The summed E-state index contributed by atoms with van der Waals surface area (Å²) in [4.78, 5) is 48.1. The van der Waals surface area contributed by atoms with E-state index in [2.05, 4.69) is 143 Å². The van der Waals surface area contributed by atoms with Crippen molar-refractivity contribution in [3.63, 3.8) is 0 Å². The largest absolute Gasteiger partial charge is 1.00 e. The molecule has 0 amide bonds. The molecule has 0 fully saturated rings. The van der Waals surface area contributed by atoms with Crippen LogP contribution in [0.3, 0.4) is 0 Å². The molecule has 0 heterocycles. The van der Waals surface area contributed by atoms with E-state index >= 15 is 0 Å². The van der Waals surface area contributed by atoms with Gasteiger partial charge in [0.15, 0.2) is 54.2 Å². The number of ether oxygens (including phenoxy) is 4. The quantitative estimate of drug-likeness (QED) is 0.00815. The number of carbonyl (C=O) groups excluding carboxylic acids is 4. The first-order chi connectivity index (χ1) is 43.2. The van der Waals surface area contributed by atoms with Gasteiger partial charge in [-0.3, -0.25) is 9.59 Å². The fourth-order valence-electron chi connectivity index (χ4n) is 10.4. The Bertz CT molecular complexity index is 3400. The summed E-state index contributed by atoms with van der Waals surface area (Å²) in [6.45, 7) is 54.9. The Hall–Kier alpha value is -3.00. The number of nitrogens with two attached hydrogens (primary N) is 1. The van der Waals surface area contributed by atoms with Gasteiger partial charge in [0.25, 0.3) is 0 Å². The van der Waals surface area contributed by atoms with Gasteiger partial charge in [-0.1, -0.05) is 89.5 Å². The molecule has 0 saturated carbocycles. The Morgan fingerprint density at radius 2 is 1.04 bits per heavy atom. The molecule has 3 atom stereocenters. The normalized spacial score (nSPS) is 14.4. The third-order valence-electron chi connectivity index (χ3n) is 14.5. The minimum Gasteiger partial charge on any atom is -0.744 e. The predicted octanol–water partition coefficient (Wildman–Crippen LogP) is 9.59. The SMILES string of the molecule is C=C(C)C(=O)OCC(O)COCCC[Si](C)(C)O[Si](C)(C)O[Si](C)(C)O[Si](C)(C)O[Si](C)(C)CCCC.C=C(C)C(=O)OCC(O)COCCC[Si](C)(O[Si](C)(C)C)[Si](C)(C)C.C=CS(=O)(=O)c1cccc(Nc2cc(S(=O)(=O)[O-])c(N)c3c2C(=O)c2ccccc2C3=O)c1.[Na+]. The van der Waals surface area contributed by atoms with Crippen molar-refractivity contribution in [1.29, 1.82) is 0 Å². The first-order valence-corrected chi connectivity index (χ1v) is 59.9. The number of rotatable bonds is 37. The number of hydrogen-bond acceptors (Lipinski definition) is 22. The number of fused-ring (bicyclic) bond motifs is 2. The molecular formula is C63H109N2NaO20S2Si8. The third-order valence-corrected chi connectivity index (χ3v) is 56.0. The topological polar surface area (TPSA) is 321 Å². The van der Waals surface area contributed by atoms with E-state index in [1.807, 2.05) is 0 Å². The first-order valence-electron chi connectivity index (χ1n) is 31.8. The molecule has 0 bridgehead atoms. The Morgan fingerprint density at radius 1 is 0.615 bits per heavy atom. The summed E-state index contributed by atoms with van der Waals surface area (Å²) >= 11 is 0. The van der Waals surface area contributed by atoms with E-state index in [0.29, 0.717) is 24.4 Å². The molecule has 22 nitrogen and oxygen atoms in total. The number of unbranched alkanes of at least 4 members (excludes halogenated alkanes) is 1. The van der Waals surface area contributed by atoms with Crippen LogP contribution in [0.4, 0.5) is 17.1 Å². The number of anilines is 3. The van der Waals surface area contributed by atoms with Crippen LogP contribution < -0.4 is 40.6 Å². The van der Waals surface area contributed by atoms with Crippen LogP contribution in [0.1, 0.15) is 78.3 Å². The summed E-state index contributed by atoms with van der Waals surface area (Å²) in [5.41, 5.74) is 5.34. The van der Waals surface area contributed by atoms with Gasteiger partial charge in [0, 0.05) is 46.6 Å². The van der Waals surface area contributed by atoms with Crippen LogP contribution >= 0.6 is 0 Å². The number of esters is 2. The molecule has 4 rings (SSSR count). The molecule has 0 aliphatic heterocycles. The maximum Gasteiger partial charge on any atom is 1.00 e. The molecule has 3 unspecified atom stereocenters. The molecule has 96 heavy (non-hydrogen) atoms. The number of sulfone groups is 1. The minimum atomic E-state index is -5.12. The third kappa shape index (κ3) is 31.5. The molecule has 0 aromatic heterocycles. The van der Waals surface area contributed by atoms with Crippen molar-refractivity contribution >= 4 is 127 Å². The van der Waals surface area contributed by atoms with Crippen LogP contribution in [0.25, 0.3) is 0 Å². The average molecular weight is 1530 g/mol. The van der Waals surface area contributed by atoms with Crippen molar-refractivity contribution in [2.24, 2.45) is 0 Å². The summed E-state index contributed by atoms with van der Waals surface area (Å²) in [7, 11) is -24.5. The standard InChI is InChI=1S/C24H56O8Si5.C22H16N2O7S2.C17H38O5Si3.Na/c1-14-15-18-33(4,5)29-35(8,9)31-37(12,13)32-36(10,11)30-34(6,7)19-16-17-27-20-23(25)21-28-24(26)22(2)3;1-2-32(27,28)13-7-5-6-12(10-13)24-16-11-17(33(29,30)31)20(23)19-18(16)21(25)14-8-3-4-9-15(14)22(19)26;1-15(2)17(19)21-14-16(18)13-20-11-10-12-25(9,24(6,7)8)22-23(3,4)5;/h23,25H,2,14-21H2,1,3-13H3;2-11,24H,1,23H2,(H,29,30,31);16,18H,1,10-14H2,2-9H3;/q;;;+1/p-1. The second-order valence-electron chi connectivity index (χ2n) is 28.5. The molecule has 5 N–H and O–H groups in total. The number of nitrogens with one attached hydrogen (secondary N) is 1. The number of aliphatic hydroxyl groups excluding tert-OH is 2. The zero-order chi connectivity index (χ0) is 73.1. The maximum absolute atomic E-state index is 13.3. The van der Waals surface area contributed by atoms with Gasteiger partial charge in [-0.2, -0.15) is 0 Å². The smallest absolute Gasteiger partial charge is 0.744 e. The maximum atomic E-state index is 13.3. The Balaban J connectivity index is 0.000000729. The van der Waals surface area contributed by atoms with E-state index in [-0.39, 0.29) is 88.9 Å². The average Bonchev–Trinajstić information content (AvgIpc) is 0.733. The van der Waals surface area contributed by atoms with Crippen molar-refractivity contribution in [2.45, 2.75) is 198 Å². The molecule has 0 radical (unpaired) electrons. The van der Waals surface area contributed by atoms with E-state index in [1.165, 1.54) is 55.3 Å². The van der Waals surface area contributed by atoms with E-state index in [4.69, 9.17) is 45.3 Å². The Morgan fingerprint density at radius 3 is 1.45 bits per heavy atom. The van der Waals surface area contributed by atoms with Gasteiger partial charge in [0.1, 0.15) is 35.5 Å². The zero-order valence-corrected chi connectivity index (χ0v) is 72.5. The zero-order valence-electron chi connectivity index (χ0n) is 60.9. The van der Waals surface area contributed by atoms with Crippen molar-refractivity contribution in [3.8, 4) is 0 Å². The van der Waals surface area contributed by atoms with Gasteiger partial charge in [0.2, 0.25) is 0 Å². The minimum absolute atomic E-state index is 0. The van der Waals surface area contributed by atoms with Crippen molar-refractivity contribution in [2.75, 3.05) is 50.7 Å². The predicted molar refractivity (Wildman–Crippen MR) is 394 cm³/mol. The second kappa shape index (κ2) is 38.3. The molecule has 0 saturated heterocycles. The fourth-order valence-corrected chi connectivity index (χ4v) is 53.4. The summed E-state index contributed by atoms with van der Waals surface area (Å²) < 4.78 is 114. The van der Waals surface area contributed by atoms with Crippen LogP contribution in [0.2, 0.25) is 129 Å². The van der Waals surface area contributed by atoms with E-state index < -0.39 is 138 Å². The first kappa shape index (κ1) is 91.0. The molecule has 536 valence electrons. The fraction of sp³-hybridized carbons (Fsp3) is 0.556. The number of ketones is 2.